The zero-order chi connectivity index (χ0) is 23.7. The number of nitrogens with zero attached hydrogens (tertiary/aromatic N) is 3. The van der Waals surface area contributed by atoms with Crippen LogP contribution in [0.15, 0.2) is 42.5 Å². The first-order valence-corrected chi connectivity index (χ1v) is 12.6. The van der Waals surface area contributed by atoms with E-state index < -0.39 is 5.54 Å². The SMILES string of the molecule is C[C@]1(c2ccc3ccccc3c2)NC(=O)N(CN2CCC(C(=O)N3CCCCCC3)CC2)C1=O. The van der Waals surface area contributed by atoms with Crippen LogP contribution in [-0.2, 0) is 15.1 Å². The molecule has 3 fully saturated rings. The van der Waals surface area contributed by atoms with Gasteiger partial charge in [-0.2, -0.15) is 0 Å². The second-order valence-electron chi connectivity index (χ2n) is 10.1. The molecule has 3 heterocycles. The molecule has 1 N–H and O–H groups in total. The summed E-state index contributed by atoms with van der Waals surface area (Å²) in [4.78, 5) is 44.7. The number of carbonyl (C=O) groups excluding carboxylic acids is 3. The molecule has 0 saturated carbocycles. The first-order valence-electron chi connectivity index (χ1n) is 12.6. The van der Waals surface area contributed by atoms with Crippen molar-refractivity contribution < 1.29 is 14.4 Å². The molecule has 0 spiro atoms. The molecular weight excluding hydrogens is 428 g/mol. The van der Waals surface area contributed by atoms with Crippen molar-refractivity contribution in [3.63, 3.8) is 0 Å². The van der Waals surface area contributed by atoms with Crippen LogP contribution in [0, 0.1) is 5.92 Å². The molecule has 34 heavy (non-hydrogen) atoms. The number of hydrogen-bond acceptors (Lipinski definition) is 4. The summed E-state index contributed by atoms with van der Waals surface area (Å²) in [6, 6.07) is 13.5. The number of fused-ring (bicyclic) bond motifs is 1. The topological polar surface area (TPSA) is 73.0 Å². The molecule has 0 radical (unpaired) electrons. The number of amides is 4. The van der Waals surface area contributed by atoms with E-state index >= 15 is 0 Å². The van der Waals surface area contributed by atoms with Gasteiger partial charge in [0, 0.05) is 32.1 Å². The summed E-state index contributed by atoms with van der Waals surface area (Å²) in [5.41, 5.74) is -0.295. The van der Waals surface area contributed by atoms with Gasteiger partial charge in [0.1, 0.15) is 5.54 Å². The fourth-order valence-electron chi connectivity index (χ4n) is 5.59. The minimum absolute atomic E-state index is 0.0559. The highest BCUT2D eigenvalue weighted by molar-refractivity contribution is 6.07. The Morgan fingerprint density at radius 1 is 0.941 bits per heavy atom. The molecule has 3 aliphatic heterocycles. The highest BCUT2D eigenvalue weighted by Gasteiger charge is 2.49. The standard InChI is InChI=1S/C27H34N4O3/c1-27(23-11-10-20-8-4-5-9-22(20)18-23)25(33)31(26(34)28-27)19-29-16-12-21(13-17-29)24(32)30-14-6-2-3-7-15-30/h4-5,8-11,18,21H,2-3,6-7,12-17,19H2,1H3,(H,28,34)/t27-/m1/s1. The number of benzene rings is 2. The molecule has 1 atom stereocenters. The Bertz CT molecular complexity index is 1090. The first-order chi connectivity index (χ1) is 16.5. The Balaban J connectivity index is 1.22. The fraction of sp³-hybridized carbons (Fsp3) is 0.519. The van der Waals surface area contributed by atoms with Gasteiger partial charge in [-0.1, -0.05) is 49.2 Å². The predicted molar refractivity (Wildman–Crippen MR) is 131 cm³/mol. The van der Waals surface area contributed by atoms with Crippen molar-refractivity contribution in [1.29, 1.82) is 0 Å². The number of likely N-dealkylation sites (tertiary alicyclic amines) is 2. The van der Waals surface area contributed by atoms with Crippen LogP contribution in [-0.4, -0.2) is 65.4 Å². The van der Waals surface area contributed by atoms with E-state index in [1.54, 1.807) is 6.92 Å². The van der Waals surface area contributed by atoms with Crippen molar-refractivity contribution >= 4 is 28.6 Å². The van der Waals surface area contributed by atoms with Crippen molar-refractivity contribution in [3.8, 4) is 0 Å². The average Bonchev–Trinajstić information content (AvgIpc) is 3.05. The second kappa shape index (κ2) is 9.37. The first kappa shape index (κ1) is 22.8. The minimum atomic E-state index is -1.08. The molecule has 3 saturated heterocycles. The Kier molecular flexibility index (Phi) is 6.30. The van der Waals surface area contributed by atoms with Crippen molar-refractivity contribution in [2.24, 2.45) is 5.92 Å². The number of urea groups is 1. The maximum absolute atomic E-state index is 13.4. The Morgan fingerprint density at radius 3 is 2.32 bits per heavy atom. The lowest BCUT2D eigenvalue weighted by Gasteiger charge is -2.35. The molecule has 2 aromatic rings. The van der Waals surface area contributed by atoms with Crippen LogP contribution in [0.2, 0.25) is 0 Å². The molecule has 0 aromatic heterocycles. The summed E-state index contributed by atoms with van der Waals surface area (Å²) >= 11 is 0. The van der Waals surface area contributed by atoms with E-state index in [1.165, 1.54) is 17.7 Å². The van der Waals surface area contributed by atoms with Gasteiger partial charge in [-0.3, -0.25) is 14.5 Å². The highest BCUT2D eigenvalue weighted by Crippen LogP contribution is 2.31. The Hall–Kier alpha value is -2.93. The number of imide groups is 1. The number of nitrogens with one attached hydrogen (secondary N) is 1. The third-order valence-corrected chi connectivity index (χ3v) is 7.80. The van der Waals surface area contributed by atoms with Crippen LogP contribution in [0.1, 0.15) is 51.0 Å². The van der Waals surface area contributed by atoms with Crippen LogP contribution in [0.25, 0.3) is 10.8 Å². The van der Waals surface area contributed by atoms with Gasteiger partial charge in [0.2, 0.25) is 5.91 Å². The molecule has 5 rings (SSSR count). The lowest BCUT2D eigenvalue weighted by Crippen LogP contribution is -2.48. The van der Waals surface area contributed by atoms with Gasteiger partial charge in [-0.05, 0) is 55.0 Å². The van der Waals surface area contributed by atoms with Crippen LogP contribution >= 0.6 is 0 Å². The van der Waals surface area contributed by atoms with E-state index in [0.29, 0.717) is 19.0 Å². The number of hydrogen-bond donors (Lipinski definition) is 1. The Morgan fingerprint density at radius 2 is 1.62 bits per heavy atom. The van der Waals surface area contributed by atoms with Gasteiger partial charge in [0.05, 0.1) is 6.67 Å². The lowest BCUT2D eigenvalue weighted by atomic mass is 9.90. The van der Waals surface area contributed by atoms with E-state index in [0.717, 1.165) is 55.1 Å². The van der Waals surface area contributed by atoms with Crippen molar-refractivity contribution in [1.82, 2.24) is 20.0 Å². The van der Waals surface area contributed by atoms with E-state index in [-0.39, 0.29) is 24.5 Å². The lowest BCUT2D eigenvalue weighted by molar-refractivity contribution is -0.138. The predicted octanol–water partition coefficient (Wildman–Crippen LogP) is 3.68. The average molecular weight is 463 g/mol. The van der Waals surface area contributed by atoms with Gasteiger partial charge < -0.3 is 10.2 Å². The smallest absolute Gasteiger partial charge is 0.326 e. The second-order valence-corrected chi connectivity index (χ2v) is 10.1. The Labute approximate surface area is 201 Å². The minimum Gasteiger partial charge on any atom is -0.342 e. The highest BCUT2D eigenvalue weighted by atomic mass is 16.2. The van der Waals surface area contributed by atoms with Crippen LogP contribution in [0.5, 0.6) is 0 Å². The summed E-state index contributed by atoms with van der Waals surface area (Å²) in [5, 5.41) is 5.06. The molecular formula is C27H34N4O3. The fourth-order valence-corrected chi connectivity index (χ4v) is 5.59. The third-order valence-electron chi connectivity index (χ3n) is 7.80. The molecule has 4 amide bonds. The number of rotatable bonds is 4. The quantitative estimate of drug-likeness (QED) is 0.704. The van der Waals surface area contributed by atoms with Crippen molar-refractivity contribution in [2.45, 2.75) is 51.0 Å². The zero-order valence-electron chi connectivity index (χ0n) is 20.0. The number of carbonyl (C=O) groups is 3. The molecule has 7 nitrogen and oxygen atoms in total. The molecule has 0 unspecified atom stereocenters. The van der Waals surface area contributed by atoms with E-state index in [9.17, 15) is 14.4 Å². The van der Waals surface area contributed by atoms with Crippen LogP contribution < -0.4 is 5.32 Å². The van der Waals surface area contributed by atoms with Gasteiger partial charge in [0.25, 0.3) is 5.91 Å². The summed E-state index contributed by atoms with van der Waals surface area (Å²) in [6.45, 7) is 5.24. The van der Waals surface area contributed by atoms with Gasteiger partial charge >= 0.3 is 6.03 Å². The summed E-state index contributed by atoms with van der Waals surface area (Å²) in [5.74, 6) is 0.122. The summed E-state index contributed by atoms with van der Waals surface area (Å²) in [7, 11) is 0. The molecule has 2 aromatic carbocycles. The van der Waals surface area contributed by atoms with Crippen LogP contribution in [0.3, 0.4) is 0 Å². The van der Waals surface area contributed by atoms with Crippen LogP contribution in [0.4, 0.5) is 4.79 Å². The van der Waals surface area contributed by atoms with E-state index in [4.69, 9.17) is 0 Å². The monoisotopic (exact) mass is 462 g/mol. The summed E-state index contributed by atoms with van der Waals surface area (Å²) in [6.07, 6.45) is 6.19. The zero-order valence-corrected chi connectivity index (χ0v) is 20.0. The largest absolute Gasteiger partial charge is 0.342 e. The van der Waals surface area contributed by atoms with Gasteiger partial charge in [-0.25, -0.2) is 9.69 Å². The molecule has 0 aliphatic carbocycles. The van der Waals surface area contributed by atoms with Crippen molar-refractivity contribution in [3.05, 3.63) is 48.0 Å². The van der Waals surface area contributed by atoms with E-state index in [2.05, 4.69) is 15.1 Å². The molecule has 180 valence electrons. The third kappa shape index (κ3) is 4.29. The molecule has 3 aliphatic rings. The number of piperidine rings is 1. The van der Waals surface area contributed by atoms with E-state index in [1.807, 2.05) is 42.5 Å². The molecule has 7 heteroatoms. The van der Waals surface area contributed by atoms with Gasteiger partial charge in [0.15, 0.2) is 0 Å². The molecule has 0 bridgehead atoms. The summed E-state index contributed by atoms with van der Waals surface area (Å²) < 4.78 is 0. The van der Waals surface area contributed by atoms with Gasteiger partial charge in [-0.15, -0.1) is 0 Å². The maximum atomic E-state index is 13.4. The maximum Gasteiger partial charge on any atom is 0.326 e. The van der Waals surface area contributed by atoms with Crippen molar-refractivity contribution in [2.75, 3.05) is 32.8 Å². The normalized spacial score (nSPS) is 25.0.